The molecule has 1 aliphatic carbocycles. The highest BCUT2D eigenvalue weighted by molar-refractivity contribution is 7.78. The molecule has 1 aromatic heterocycles. The SMILES string of the molecule is C=C.CC.CCC1=CC(c2c(C)n(C/C(F)=C/CN)c3ccc(C)cc23)CC=C1.CNS. The van der Waals surface area contributed by atoms with Crippen LogP contribution in [0.25, 0.3) is 10.9 Å². The first-order chi connectivity index (χ1) is 15.5. The number of allylic oxidation sites excluding steroid dienone is 5. The van der Waals surface area contributed by atoms with Crippen LogP contribution >= 0.6 is 12.8 Å². The molecule has 3 nitrogen and oxygen atoms in total. The largest absolute Gasteiger partial charge is 0.338 e. The molecule has 0 saturated carbocycles. The van der Waals surface area contributed by atoms with E-state index in [2.05, 4.69) is 92.5 Å². The maximum Gasteiger partial charge on any atom is 0.117 e. The maximum absolute atomic E-state index is 14.2. The summed E-state index contributed by atoms with van der Waals surface area (Å²) < 4.78 is 18.7. The molecule has 178 valence electrons. The summed E-state index contributed by atoms with van der Waals surface area (Å²) >= 11 is 3.54. The van der Waals surface area contributed by atoms with Crippen LogP contribution in [0, 0.1) is 13.8 Å². The Morgan fingerprint density at radius 2 is 1.94 bits per heavy atom. The Morgan fingerprint density at radius 3 is 2.50 bits per heavy atom. The summed E-state index contributed by atoms with van der Waals surface area (Å²) in [6, 6.07) is 6.44. The molecule has 0 aliphatic heterocycles. The van der Waals surface area contributed by atoms with Gasteiger partial charge in [-0.1, -0.05) is 69.0 Å². The molecule has 1 unspecified atom stereocenters. The van der Waals surface area contributed by atoms with Gasteiger partial charge >= 0.3 is 0 Å². The number of rotatable bonds is 5. The van der Waals surface area contributed by atoms with Crippen LogP contribution in [0.15, 0.2) is 67.1 Å². The van der Waals surface area contributed by atoms with Crippen LogP contribution in [-0.4, -0.2) is 18.2 Å². The van der Waals surface area contributed by atoms with Crippen LogP contribution in [0.4, 0.5) is 4.39 Å². The number of benzene rings is 1. The predicted molar refractivity (Wildman–Crippen MR) is 145 cm³/mol. The van der Waals surface area contributed by atoms with Gasteiger partial charge in [-0.15, -0.1) is 13.2 Å². The average molecular weight is 460 g/mol. The summed E-state index contributed by atoms with van der Waals surface area (Å²) in [5.74, 6) is 0.176. The second kappa shape index (κ2) is 16.5. The molecular weight excluding hydrogens is 417 g/mol. The smallest absolute Gasteiger partial charge is 0.117 e. The average Bonchev–Trinajstić information content (AvgIpc) is 3.07. The van der Waals surface area contributed by atoms with Crippen molar-refractivity contribution >= 4 is 23.7 Å². The number of nitrogens with zero attached hydrogens (tertiary/aromatic N) is 1. The monoisotopic (exact) mass is 459 g/mol. The lowest BCUT2D eigenvalue weighted by Crippen LogP contribution is -2.05. The van der Waals surface area contributed by atoms with Crippen molar-refractivity contribution in [1.29, 1.82) is 0 Å². The van der Waals surface area contributed by atoms with Crippen LogP contribution < -0.4 is 10.5 Å². The van der Waals surface area contributed by atoms with E-state index in [9.17, 15) is 4.39 Å². The molecule has 1 aliphatic rings. The van der Waals surface area contributed by atoms with Gasteiger partial charge in [0.05, 0.1) is 6.54 Å². The topological polar surface area (TPSA) is 43.0 Å². The summed E-state index contributed by atoms with van der Waals surface area (Å²) in [4.78, 5) is 0. The molecule has 1 heterocycles. The third-order valence-corrected chi connectivity index (χ3v) is 5.09. The normalized spacial score (nSPS) is 15.0. The Morgan fingerprint density at radius 1 is 1.31 bits per heavy atom. The van der Waals surface area contributed by atoms with Gasteiger partial charge in [0.2, 0.25) is 0 Å². The Hall–Kier alpha value is -2.08. The molecule has 3 rings (SSSR count). The quantitative estimate of drug-likeness (QED) is 0.324. The van der Waals surface area contributed by atoms with Crippen molar-refractivity contribution < 1.29 is 4.39 Å². The fraction of sp³-hybridized carbons (Fsp3) is 0.407. The second-order valence-electron chi connectivity index (χ2n) is 7.06. The molecule has 2 aromatic rings. The lowest BCUT2D eigenvalue weighted by molar-refractivity contribution is 0.554. The summed E-state index contributed by atoms with van der Waals surface area (Å²) in [7, 11) is 1.74. The lowest BCUT2D eigenvalue weighted by Gasteiger charge is -2.18. The van der Waals surface area contributed by atoms with E-state index in [0.717, 1.165) is 24.1 Å². The van der Waals surface area contributed by atoms with Gasteiger partial charge in [-0.2, -0.15) is 0 Å². The number of nitrogens with two attached hydrogens (primary N) is 1. The van der Waals surface area contributed by atoms with Crippen LogP contribution in [-0.2, 0) is 6.54 Å². The number of thiol groups is 1. The number of aryl methyl sites for hydroxylation is 1. The van der Waals surface area contributed by atoms with Gasteiger partial charge in [0.25, 0.3) is 0 Å². The molecular formula is C27H42FN3S. The maximum atomic E-state index is 14.2. The van der Waals surface area contributed by atoms with E-state index in [1.807, 2.05) is 13.8 Å². The van der Waals surface area contributed by atoms with Crippen molar-refractivity contribution in [2.24, 2.45) is 5.73 Å². The number of nitrogens with one attached hydrogen (secondary N) is 1. The molecule has 0 bridgehead atoms. The van der Waals surface area contributed by atoms with Crippen molar-refractivity contribution in [2.75, 3.05) is 13.6 Å². The van der Waals surface area contributed by atoms with E-state index < -0.39 is 0 Å². The Labute approximate surface area is 200 Å². The molecule has 0 fully saturated rings. The van der Waals surface area contributed by atoms with Crippen LogP contribution in [0.2, 0.25) is 0 Å². The minimum atomic E-state index is -0.178. The molecule has 0 saturated heterocycles. The van der Waals surface area contributed by atoms with E-state index >= 15 is 0 Å². The van der Waals surface area contributed by atoms with Gasteiger partial charge in [0.15, 0.2) is 0 Å². The van der Waals surface area contributed by atoms with Gasteiger partial charge in [-0.25, -0.2) is 4.39 Å². The molecule has 1 atom stereocenters. The number of halogens is 1. The minimum Gasteiger partial charge on any atom is -0.338 e. The second-order valence-corrected chi connectivity index (χ2v) is 7.50. The molecule has 0 radical (unpaired) electrons. The van der Waals surface area contributed by atoms with E-state index in [1.54, 1.807) is 7.05 Å². The van der Waals surface area contributed by atoms with Gasteiger partial charge in [-0.05, 0) is 57.5 Å². The zero-order valence-corrected chi connectivity index (χ0v) is 21.6. The van der Waals surface area contributed by atoms with Crippen molar-refractivity contribution in [3.05, 3.63) is 83.9 Å². The molecule has 32 heavy (non-hydrogen) atoms. The third kappa shape index (κ3) is 8.12. The summed E-state index contributed by atoms with van der Waals surface area (Å²) in [6.45, 7) is 16.9. The molecule has 0 amide bonds. The number of aromatic nitrogens is 1. The van der Waals surface area contributed by atoms with Crippen LogP contribution in [0.3, 0.4) is 0 Å². The van der Waals surface area contributed by atoms with Gasteiger partial charge in [0.1, 0.15) is 5.83 Å². The van der Waals surface area contributed by atoms with Gasteiger partial charge in [0, 0.05) is 29.1 Å². The summed E-state index contributed by atoms with van der Waals surface area (Å²) in [6.07, 6.45) is 10.4. The highest BCUT2D eigenvalue weighted by Gasteiger charge is 2.22. The predicted octanol–water partition coefficient (Wildman–Crippen LogP) is 7.33. The Balaban J connectivity index is 0.00000124. The van der Waals surface area contributed by atoms with Crippen LogP contribution in [0.1, 0.15) is 56.4 Å². The number of fused-ring (bicyclic) bond motifs is 1. The Kier molecular flexibility index (Phi) is 15.5. The first-order valence-electron chi connectivity index (χ1n) is 11.3. The van der Waals surface area contributed by atoms with E-state index in [4.69, 9.17) is 5.73 Å². The number of hydrogen-bond acceptors (Lipinski definition) is 3. The van der Waals surface area contributed by atoms with Gasteiger partial charge in [-0.3, -0.25) is 4.72 Å². The lowest BCUT2D eigenvalue weighted by atomic mass is 9.87. The minimum absolute atomic E-state index is 0.178. The fourth-order valence-corrected chi connectivity index (χ4v) is 3.82. The van der Waals surface area contributed by atoms with Crippen molar-refractivity contribution in [3.63, 3.8) is 0 Å². The zero-order valence-electron chi connectivity index (χ0n) is 20.7. The molecule has 3 N–H and O–H groups in total. The van der Waals surface area contributed by atoms with Crippen molar-refractivity contribution in [1.82, 2.24) is 9.29 Å². The first-order valence-corrected chi connectivity index (χ1v) is 11.7. The van der Waals surface area contributed by atoms with Crippen molar-refractivity contribution in [3.8, 4) is 0 Å². The highest BCUT2D eigenvalue weighted by atomic mass is 32.1. The molecule has 1 aromatic carbocycles. The van der Waals surface area contributed by atoms with E-state index in [1.165, 1.54) is 28.2 Å². The fourth-order valence-electron chi connectivity index (χ4n) is 3.82. The summed E-state index contributed by atoms with van der Waals surface area (Å²) in [5, 5.41) is 1.24. The van der Waals surface area contributed by atoms with E-state index in [-0.39, 0.29) is 18.9 Å². The first kappa shape index (κ1) is 29.9. The number of hydrogen-bond donors (Lipinski definition) is 3. The van der Waals surface area contributed by atoms with Crippen molar-refractivity contribution in [2.45, 2.75) is 59.9 Å². The highest BCUT2D eigenvalue weighted by Crippen LogP contribution is 2.38. The van der Waals surface area contributed by atoms with Crippen LogP contribution in [0.5, 0.6) is 0 Å². The standard InChI is InChI=1S/C22H27FN2.C2H6.C2H4.CH5NS/c1-4-17-6-5-7-18(13-17)22-16(3)25(14-19(23)10-11-24)21-9-8-15(2)12-20(21)22;2*1-2;1-2-3/h5-6,8-10,12-13,18H,4,7,11,14,24H2,1-3H3;1-2H3;1-2H2;2-3H,1H3/b19-10-;;;. The van der Waals surface area contributed by atoms with E-state index in [0.29, 0.717) is 5.92 Å². The third-order valence-electron chi connectivity index (χ3n) is 5.09. The van der Waals surface area contributed by atoms with Gasteiger partial charge < -0.3 is 10.3 Å². The zero-order chi connectivity index (χ0) is 24.7. The summed E-state index contributed by atoms with van der Waals surface area (Å²) in [5.41, 5.74) is 11.6. The molecule has 0 spiro atoms. The Bertz CT molecular complexity index is 909. The molecule has 5 heteroatoms.